The van der Waals surface area contributed by atoms with Crippen molar-refractivity contribution in [2.45, 2.75) is 24.6 Å². The van der Waals surface area contributed by atoms with Gasteiger partial charge in [-0.3, -0.25) is 0 Å². The normalized spacial score (nSPS) is 15.2. The highest BCUT2D eigenvalue weighted by Crippen LogP contribution is 2.43. The van der Waals surface area contributed by atoms with E-state index < -0.39 is 17.7 Å². The summed E-state index contributed by atoms with van der Waals surface area (Å²) in [5.41, 5.74) is -2.60. The molecule has 0 heterocycles. The molecule has 0 N–H and O–H groups in total. The Morgan fingerprint density at radius 1 is 1.00 bits per heavy atom. The number of ether oxygens (including phenoxy) is 2. The molecule has 0 radical (unpaired) electrons. The van der Waals surface area contributed by atoms with E-state index in [1.54, 1.807) is 13.0 Å². The number of hydrogen-bond acceptors (Lipinski definition) is 3. The Balaban J connectivity index is 2.25. The number of halogens is 3. The topological polar surface area (TPSA) is 35.5 Å². The Bertz CT molecular complexity index is 686. The van der Waals surface area contributed by atoms with Crippen LogP contribution in [0.4, 0.5) is 13.2 Å². The van der Waals surface area contributed by atoms with Crippen molar-refractivity contribution in [2.24, 2.45) is 0 Å². The molecule has 0 bridgehead atoms. The molecule has 0 unspecified atom stereocenters. The van der Waals surface area contributed by atoms with Gasteiger partial charge >= 0.3 is 12.1 Å². The molecule has 0 aliphatic heterocycles. The zero-order valence-corrected chi connectivity index (χ0v) is 13.9. The van der Waals surface area contributed by atoms with Crippen LogP contribution < -0.4 is 0 Å². The van der Waals surface area contributed by atoms with Gasteiger partial charge in [0.15, 0.2) is 0 Å². The third-order valence-corrected chi connectivity index (χ3v) is 4.01. The average molecular weight is 352 g/mol. The van der Waals surface area contributed by atoms with Crippen LogP contribution in [0.25, 0.3) is 0 Å². The molecule has 6 heteroatoms. The molecule has 2 rings (SSSR count). The first-order valence-electron chi connectivity index (χ1n) is 7.72. The van der Waals surface area contributed by atoms with Crippen LogP contribution >= 0.6 is 0 Å². The van der Waals surface area contributed by atoms with E-state index in [4.69, 9.17) is 4.74 Å². The third-order valence-electron chi connectivity index (χ3n) is 4.01. The molecule has 0 amide bonds. The van der Waals surface area contributed by atoms with Crippen LogP contribution in [0.5, 0.6) is 0 Å². The fourth-order valence-corrected chi connectivity index (χ4v) is 2.57. The predicted molar refractivity (Wildman–Crippen MR) is 87.0 cm³/mol. The van der Waals surface area contributed by atoms with Crippen molar-refractivity contribution in [3.63, 3.8) is 0 Å². The van der Waals surface area contributed by atoms with Gasteiger partial charge in [-0.25, -0.2) is 4.79 Å². The van der Waals surface area contributed by atoms with Crippen molar-refractivity contribution in [3.05, 3.63) is 71.8 Å². The highest BCUT2D eigenvalue weighted by molar-refractivity contribution is 5.82. The summed E-state index contributed by atoms with van der Waals surface area (Å²) in [6, 6.07) is 15.9. The summed E-state index contributed by atoms with van der Waals surface area (Å²) in [6.45, 7) is 1.59. The molecule has 0 aliphatic carbocycles. The van der Waals surface area contributed by atoms with Crippen molar-refractivity contribution in [1.82, 2.24) is 0 Å². The fourth-order valence-electron chi connectivity index (χ4n) is 2.57. The summed E-state index contributed by atoms with van der Waals surface area (Å²) in [4.78, 5) is 12.4. The second kappa shape index (κ2) is 7.70. The first kappa shape index (κ1) is 19.0. The Kier molecular flexibility index (Phi) is 5.85. The number of hydrogen-bond donors (Lipinski definition) is 0. The first-order valence-corrected chi connectivity index (χ1v) is 7.72. The summed E-state index contributed by atoms with van der Waals surface area (Å²) < 4.78 is 50.9. The molecular weight excluding hydrogens is 333 g/mol. The van der Waals surface area contributed by atoms with Crippen LogP contribution in [-0.2, 0) is 19.9 Å². The molecule has 3 nitrogen and oxygen atoms in total. The van der Waals surface area contributed by atoms with Crippen LogP contribution in [0.2, 0.25) is 0 Å². The fraction of sp³-hybridized carbons (Fsp3) is 0.316. The van der Waals surface area contributed by atoms with E-state index in [-0.39, 0.29) is 18.1 Å². The molecule has 2 aromatic carbocycles. The molecule has 0 saturated heterocycles. The van der Waals surface area contributed by atoms with E-state index in [2.05, 4.69) is 4.74 Å². The lowest BCUT2D eigenvalue weighted by molar-refractivity contribution is -0.276. The van der Waals surface area contributed by atoms with Gasteiger partial charge < -0.3 is 9.47 Å². The number of rotatable bonds is 6. The maximum atomic E-state index is 13.7. The van der Waals surface area contributed by atoms with Gasteiger partial charge in [0.05, 0.1) is 6.61 Å². The van der Waals surface area contributed by atoms with Crippen LogP contribution in [0.15, 0.2) is 60.7 Å². The van der Waals surface area contributed by atoms with E-state index in [0.717, 1.165) is 12.7 Å². The third kappa shape index (κ3) is 3.85. The van der Waals surface area contributed by atoms with Crippen molar-refractivity contribution in [1.29, 1.82) is 0 Å². The summed E-state index contributed by atoms with van der Waals surface area (Å²) in [5, 5.41) is 0. The highest BCUT2D eigenvalue weighted by atomic mass is 19.4. The lowest BCUT2D eigenvalue weighted by atomic mass is 9.92. The monoisotopic (exact) mass is 352 g/mol. The molecule has 0 fully saturated rings. The van der Waals surface area contributed by atoms with Crippen LogP contribution in [0.1, 0.15) is 24.0 Å². The molecule has 0 saturated carbocycles. The Morgan fingerprint density at radius 3 is 2.00 bits per heavy atom. The molecule has 2 aromatic rings. The van der Waals surface area contributed by atoms with Crippen molar-refractivity contribution in [3.8, 4) is 0 Å². The number of esters is 1. The van der Waals surface area contributed by atoms with E-state index in [1.807, 2.05) is 30.3 Å². The zero-order chi connectivity index (χ0) is 18.5. The average Bonchev–Trinajstić information content (AvgIpc) is 2.61. The lowest BCUT2D eigenvalue weighted by Gasteiger charge is -2.32. The molecule has 0 aromatic heterocycles. The predicted octanol–water partition coefficient (Wildman–Crippen LogP) is 4.44. The number of carbonyl (C=O) groups excluding carboxylic acids is 1. The molecule has 2 atom stereocenters. The first-order chi connectivity index (χ1) is 11.8. The van der Waals surface area contributed by atoms with Gasteiger partial charge in [0.2, 0.25) is 0 Å². The number of benzene rings is 2. The van der Waals surface area contributed by atoms with E-state index in [9.17, 15) is 18.0 Å². The van der Waals surface area contributed by atoms with Gasteiger partial charge in [0, 0.05) is 18.6 Å². The molecule has 0 aliphatic rings. The maximum absolute atomic E-state index is 13.7. The minimum absolute atomic E-state index is 0.184. The van der Waals surface area contributed by atoms with Gasteiger partial charge in [-0.1, -0.05) is 67.6 Å². The second-order valence-electron chi connectivity index (χ2n) is 5.66. The lowest BCUT2D eigenvalue weighted by Crippen LogP contribution is -2.51. The van der Waals surface area contributed by atoms with Gasteiger partial charge in [-0.05, 0) is 5.56 Å². The van der Waals surface area contributed by atoms with Crippen LogP contribution in [-0.4, -0.2) is 25.9 Å². The second-order valence-corrected chi connectivity index (χ2v) is 5.66. The SMILES string of the molecule is CO[C@](C(=O)OC[C@H](C)c1ccccc1)(c1ccccc1)C(F)(F)F. The quantitative estimate of drug-likeness (QED) is 0.721. The molecular formula is C19H19F3O3. The van der Waals surface area contributed by atoms with Gasteiger partial charge in [0.25, 0.3) is 5.60 Å². The van der Waals surface area contributed by atoms with Gasteiger partial charge in [-0.2, -0.15) is 13.2 Å². The summed E-state index contributed by atoms with van der Waals surface area (Å²) in [7, 11) is 0.850. The summed E-state index contributed by atoms with van der Waals surface area (Å²) >= 11 is 0. The Hall–Kier alpha value is -2.34. The smallest absolute Gasteiger partial charge is 0.432 e. The van der Waals surface area contributed by atoms with Crippen molar-refractivity contribution >= 4 is 5.97 Å². The van der Waals surface area contributed by atoms with Gasteiger partial charge in [-0.15, -0.1) is 0 Å². The van der Waals surface area contributed by atoms with Crippen molar-refractivity contribution < 1.29 is 27.4 Å². The Morgan fingerprint density at radius 2 is 1.52 bits per heavy atom. The van der Waals surface area contributed by atoms with Gasteiger partial charge in [0.1, 0.15) is 0 Å². The van der Waals surface area contributed by atoms with E-state index in [0.29, 0.717) is 0 Å². The minimum atomic E-state index is -4.96. The molecule has 25 heavy (non-hydrogen) atoms. The number of alkyl halides is 3. The number of carbonyl (C=O) groups is 1. The summed E-state index contributed by atoms with van der Waals surface area (Å²) in [6.07, 6.45) is -4.96. The van der Waals surface area contributed by atoms with Crippen LogP contribution in [0, 0.1) is 0 Å². The van der Waals surface area contributed by atoms with Crippen molar-refractivity contribution in [2.75, 3.05) is 13.7 Å². The van der Waals surface area contributed by atoms with E-state index in [1.165, 1.54) is 24.3 Å². The highest BCUT2D eigenvalue weighted by Gasteiger charge is 2.64. The molecule has 134 valence electrons. The minimum Gasteiger partial charge on any atom is -0.462 e. The summed E-state index contributed by atoms with van der Waals surface area (Å²) in [5.74, 6) is -1.72. The number of methoxy groups -OCH3 is 1. The Labute approximate surface area is 144 Å². The zero-order valence-electron chi connectivity index (χ0n) is 13.9. The standard InChI is InChI=1S/C19H19F3O3/c1-14(15-9-5-3-6-10-15)13-25-17(23)18(24-2,19(20,21)22)16-11-7-4-8-12-16/h3-12,14H,13H2,1-2H3/t14-,18-/m0/s1. The van der Waals surface area contributed by atoms with E-state index >= 15 is 0 Å². The van der Waals surface area contributed by atoms with Crippen LogP contribution in [0.3, 0.4) is 0 Å². The maximum Gasteiger partial charge on any atom is 0.432 e. The largest absolute Gasteiger partial charge is 0.462 e. The molecule has 0 spiro atoms.